The molecule has 1 aliphatic rings. The van der Waals surface area contributed by atoms with E-state index in [9.17, 15) is 9.59 Å². The minimum Gasteiger partial charge on any atom is -0.324 e. The topological polar surface area (TPSA) is 75.2 Å². The smallest absolute Gasteiger partial charge is 0.324 e. The van der Waals surface area contributed by atoms with E-state index in [-0.39, 0.29) is 11.9 Å². The number of carbonyl (C=O) groups is 2. The third-order valence-corrected chi connectivity index (χ3v) is 4.75. The van der Waals surface area contributed by atoms with Gasteiger partial charge < -0.3 is 5.32 Å². The van der Waals surface area contributed by atoms with Gasteiger partial charge in [0.15, 0.2) is 0 Å². The van der Waals surface area contributed by atoms with Crippen molar-refractivity contribution in [3.8, 4) is 0 Å². The fourth-order valence-corrected chi connectivity index (χ4v) is 3.35. The summed E-state index contributed by atoms with van der Waals surface area (Å²) in [5.74, 6) is 0.396. The Labute approximate surface area is 138 Å². The lowest BCUT2D eigenvalue weighted by Crippen LogP contribution is -2.40. The third kappa shape index (κ3) is 3.01. The molecule has 2 heterocycles. The highest BCUT2D eigenvalue weighted by atomic mass is 32.2. The van der Waals surface area contributed by atoms with Gasteiger partial charge in [0, 0.05) is 12.3 Å². The lowest BCUT2D eigenvalue weighted by Gasteiger charge is -2.15. The molecule has 0 atom stereocenters. The summed E-state index contributed by atoms with van der Waals surface area (Å²) in [6.45, 7) is 5.68. The molecule has 0 bridgehead atoms. The minimum atomic E-state index is -0.819. The van der Waals surface area contributed by atoms with E-state index in [1.807, 2.05) is 31.2 Å². The number of rotatable bonds is 4. The van der Waals surface area contributed by atoms with Crippen LogP contribution in [0.1, 0.15) is 19.5 Å². The quantitative estimate of drug-likeness (QED) is 0.688. The van der Waals surface area contributed by atoms with Gasteiger partial charge in [-0.2, -0.15) is 0 Å². The zero-order valence-corrected chi connectivity index (χ0v) is 14.1. The predicted octanol–water partition coefficient (Wildman–Crippen LogP) is 2.36. The molecule has 0 radical (unpaired) electrons. The third-order valence-electron chi connectivity index (χ3n) is 3.70. The molecule has 3 rings (SSSR count). The number of para-hydroxylation sites is 2. The number of hydrogen-bond donors (Lipinski definition) is 1. The number of urea groups is 1. The van der Waals surface area contributed by atoms with E-state index in [0.29, 0.717) is 12.3 Å². The second-order valence-corrected chi connectivity index (χ2v) is 7.05. The fraction of sp³-hybridized carbons (Fsp3) is 0.375. The molecule has 120 valence electrons. The van der Waals surface area contributed by atoms with Gasteiger partial charge in [0.2, 0.25) is 0 Å². The summed E-state index contributed by atoms with van der Waals surface area (Å²) in [5.41, 5.74) is 1.74. The van der Waals surface area contributed by atoms with Crippen LogP contribution in [0.15, 0.2) is 29.3 Å². The number of imide groups is 1. The number of fused-ring (bicyclic) bond motifs is 1. The first kappa shape index (κ1) is 15.7. The summed E-state index contributed by atoms with van der Waals surface area (Å²) in [6.07, 6.45) is 0. The molecule has 0 saturated carbocycles. The Kier molecular flexibility index (Phi) is 3.97. The molecule has 0 aliphatic carbocycles. The average molecular weight is 330 g/mol. The first-order valence-corrected chi connectivity index (χ1v) is 8.37. The monoisotopic (exact) mass is 330 g/mol. The predicted molar refractivity (Wildman–Crippen MR) is 89.3 cm³/mol. The van der Waals surface area contributed by atoms with E-state index in [0.717, 1.165) is 21.8 Å². The molecule has 0 spiro atoms. The Morgan fingerprint density at radius 2 is 1.83 bits per heavy atom. The Morgan fingerprint density at radius 1 is 1.17 bits per heavy atom. The maximum absolute atomic E-state index is 12.1. The molecular formula is C16H18N4O2S. The number of aromatic nitrogens is 2. The van der Waals surface area contributed by atoms with Gasteiger partial charge >= 0.3 is 6.03 Å². The van der Waals surface area contributed by atoms with Crippen LogP contribution in [0, 0.1) is 6.92 Å². The number of carbonyl (C=O) groups excluding carboxylic acids is 2. The Hall–Kier alpha value is -2.15. The van der Waals surface area contributed by atoms with E-state index >= 15 is 0 Å². The van der Waals surface area contributed by atoms with Crippen molar-refractivity contribution < 1.29 is 9.59 Å². The number of hydrogen-bond acceptors (Lipinski definition) is 5. The Balaban J connectivity index is 1.68. The molecule has 0 unspecified atom stereocenters. The van der Waals surface area contributed by atoms with Crippen LogP contribution < -0.4 is 5.32 Å². The second-order valence-electron chi connectivity index (χ2n) is 5.96. The van der Waals surface area contributed by atoms with Crippen LogP contribution in [-0.4, -0.2) is 44.6 Å². The molecule has 1 N–H and O–H groups in total. The highest BCUT2D eigenvalue weighted by Gasteiger charge is 2.43. The number of aryl methyl sites for hydroxylation is 1. The van der Waals surface area contributed by atoms with Gasteiger partial charge in [-0.05, 0) is 32.9 Å². The van der Waals surface area contributed by atoms with E-state index in [1.165, 1.54) is 16.7 Å². The average Bonchev–Trinajstić information content (AvgIpc) is 2.69. The van der Waals surface area contributed by atoms with Crippen LogP contribution in [0.2, 0.25) is 0 Å². The van der Waals surface area contributed by atoms with Crippen molar-refractivity contribution in [3.63, 3.8) is 0 Å². The van der Waals surface area contributed by atoms with Crippen LogP contribution in [-0.2, 0) is 4.79 Å². The summed E-state index contributed by atoms with van der Waals surface area (Å²) in [5, 5.41) is 3.51. The van der Waals surface area contributed by atoms with E-state index in [1.54, 1.807) is 13.8 Å². The molecular weight excluding hydrogens is 312 g/mol. The van der Waals surface area contributed by atoms with Gasteiger partial charge in [-0.3, -0.25) is 9.69 Å². The van der Waals surface area contributed by atoms with Gasteiger partial charge in [-0.15, -0.1) is 11.8 Å². The normalized spacial score (nSPS) is 16.9. The van der Waals surface area contributed by atoms with E-state index in [2.05, 4.69) is 15.3 Å². The van der Waals surface area contributed by atoms with E-state index in [4.69, 9.17) is 0 Å². The summed E-state index contributed by atoms with van der Waals surface area (Å²) in [7, 11) is 0. The lowest BCUT2D eigenvalue weighted by atomic mass is 10.1. The van der Waals surface area contributed by atoms with Crippen molar-refractivity contribution in [1.82, 2.24) is 20.2 Å². The zero-order valence-electron chi connectivity index (χ0n) is 13.3. The van der Waals surface area contributed by atoms with Gasteiger partial charge in [-0.25, -0.2) is 14.8 Å². The molecule has 6 nitrogen and oxygen atoms in total. The maximum Gasteiger partial charge on any atom is 0.325 e. The largest absolute Gasteiger partial charge is 0.325 e. The zero-order chi connectivity index (χ0) is 16.6. The molecule has 7 heteroatoms. The Bertz CT molecular complexity index is 791. The van der Waals surface area contributed by atoms with Crippen molar-refractivity contribution in [2.75, 3.05) is 12.3 Å². The highest BCUT2D eigenvalue weighted by molar-refractivity contribution is 7.99. The van der Waals surface area contributed by atoms with E-state index < -0.39 is 5.54 Å². The Morgan fingerprint density at radius 3 is 2.43 bits per heavy atom. The SMILES string of the molecule is Cc1nc2ccccc2nc1SCCN1C(=O)NC(C)(C)C1=O. The molecule has 1 aromatic heterocycles. The van der Waals surface area contributed by atoms with Crippen molar-refractivity contribution in [1.29, 1.82) is 0 Å². The number of nitrogens with one attached hydrogen (secondary N) is 1. The number of nitrogens with zero attached hydrogens (tertiary/aromatic N) is 3. The van der Waals surface area contributed by atoms with Crippen molar-refractivity contribution >= 4 is 34.7 Å². The van der Waals surface area contributed by atoms with Crippen LogP contribution in [0.25, 0.3) is 11.0 Å². The molecule has 23 heavy (non-hydrogen) atoms. The minimum absolute atomic E-state index is 0.190. The summed E-state index contributed by atoms with van der Waals surface area (Å²) in [6, 6.07) is 7.38. The molecule has 2 aromatic rings. The summed E-state index contributed by atoms with van der Waals surface area (Å²) in [4.78, 5) is 34.4. The lowest BCUT2D eigenvalue weighted by molar-refractivity contribution is -0.130. The number of amides is 3. The fourth-order valence-electron chi connectivity index (χ4n) is 2.46. The second kappa shape index (κ2) is 5.81. The first-order chi connectivity index (χ1) is 10.9. The summed E-state index contributed by atoms with van der Waals surface area (Å²) < 4.78 is 0. The number of benzene rings is 1. The van der Waals surface area contributed by atoms with Gasteiger partial charge in [0.05, 0.1) is 16.7 Å². The molecule has 1 saturated heterocycles. The van der Waals surface area contributed by atoms with Crippen LogP contribution in [0.3, 0.4) is 0 Å². The molecule has 1 aliphatic heterocycles. The number of thioether (sulfide) groups is 1. The van der Waals surface area contributed by atoms with Gasteiger partial charge in [-0.1, -0.05) is 12.1 Å². The van der Waals surface area contributed by atoms with Gasteiger partial charge in [0.25, 0.3) is 5.91 Å². The standard InChI is InChI=1S/C16H18N4O2S/c1-10-13(18-12-7-5-4-6-11(12)17-10)23-9-8-20-14(21)16(2,3)19-15(20)22/h4-7H,8-9H2,1-3H3,(H,19,22). The van der Waals surface area contributed by atoms with Gasteiger partial charge in [0.1, 0.15) is 10.6 Å². The van der Waals surface area contributed by atoms with Crippen molar-refractivity contribution in [3.05, 3.63) is 30.0 Å². The highest BCUT2D eigenvalue weighted by Crippen LogP contribution is 2.23. The van der Waals surface area contributed by atoms with Crippen LogP contribution in [0.5, 0.6) is 0 Å². The molecule has 1 fully saturated rings. The van der Waals surface area contributed by atoms with Crippen molar-refractivity contribution in [2.24, 2.45) is 0 Å². The van der Waals surface area contributed by atoms with Crippen LogP contribution >= 0.6 is 11.8 Å². The summed E-state index contributed by atoms with van der Waals surface area (Å²) >= 11 is 1.51. The maximum atomic E-state index is 12.1. The molecule has 3 amide bonds. The van der Waals surface area contributed by atoms with Crippen molar-refractivity contribution in [2.45, 2.75) is 31.3 Å². The molecule has 1 aromatic carbocycles. The van der Waals surface area contributed by atoms with Crippen LogP contribution in [0.4, 0.5) is 4.79 Å². The first-order valence-electron chi connectivity index (χ1n) is 7.39.